The number of thiophene rings is 1. The summed E-state index contributed by atoms with van der Waals surface area (Å²) in [6.07, 6.45) is 1.40. The molecule has 0 saturated heterocycles. The first-order valence-electron chi connectivity index (χ1n) is 8.11. The zero-order chi connectivity index (χ0) is 18.9. The van der Waals surface area contributed by atoms with Gasteiger partial charge in [-0.25, -0.2) is 4.98 Å². The topological polar surface area (TPSA) is 70.4 Å². The van der Waals surface area contributed by atoms with Gasteiger partial charge >= 0.3 is 5.97 Å². The van der Waals surface area contributed by atoms with Gasteiger partial charge in [-0.3, -0.25) is 14.2 Å². The van der Waals surface area contributed by atoms with Crippen molar-refractivity contribution in [2.24, 2.45) is 0 Å². The molecule has 0 aliphatic rings. The molecular formula is C19H20N2O4S. The van der Waals surface area contributed by atoms with Gasteiger partial charge in [-0.2, -0.15) is 0 Å². The van der Waals surface area contributed by atoms with E-state index in [-0.39, 0.29) is 12.1 Å². The predicted molar refractivity (Wildman–Crippen MR) is 102 cm³/mol. The molecule has 1 aromatic carbocycles. The molecule has 7 heteroatoms. The van der Waals surface area contributed by atoms with Crippen LogP contribution in [0.5, 0.6) is 5.75 Å². The Kier molecular flexibility index (Phi) is 4.82. The summed E-state index contributed by atoms with van der Waals surface area (Å²) in [5, 5.41) is 1.90. The Balaban J connectivity index is 1.93. The van der Waals surface area contributed by atoms with Crippen LogP contribution in [0.25, 0.3) is 21.3 Å². The minimum absolute atomic E-state index is 0.158. The van der Waals surface area contributed by atoms with Crippen LogP contribution in [0, 0.1) is 0 Å². The zero-order valence-corrected chi connectivity index (χ0v) is 15.9. The van der Waals surface area contributed by atoms with E-state index >= 15 is 0 Å². The molecule has 0 radical (unpaired) electrons. The SMILES string of the molecule is COc1ccc(-c2csc3c(=O)n(CC(=O)OC(C)(C)C)cnc23)cc1. The summed E-state index contributed by atoms with van der Waals surface area (Å²) in [6, 6.07) is 7.58. The van der Waals surface area contributed by atoms with Gasteiger partial charge in [-0.15, -0.1) is 11.3 Å². The molecule has 2 heterocycles. The Morgan fingerprint density at radius 3 is 2.54 bits per heavy atom. The largest absolute Gasteiger partial charge is 0.497 e. The maximum absolute atomic E-state index is 12.7. The third-order valence-corrected chi connectivity index (χ3v) is 4.62. The second-order valence-electron chi connectivity index (χ2n) is 6.82. The van der Waals surface area contributed by atoms with Crippen molar-refractivity contribution in [1.82, 2.24) is 9.55 Å². The van der Waals surface area contributed by atoms with E-state index in [0.29, 0.717) is 10.2 Å². The highest BCUT2D eigenvalue weighted by Crippen LogP contribution is 2.31. The van der Waals surface area contributed by atoms with Crippen LogP contribution in [0.3, 0.4) is 0 Å². The van der Waals surface area contributed by atoms with E-state index in [1.54, 1.807) is 27.9 Å². The van der Waals surface area contributed by atoms with Crippen LogP contribution in [0.2, 0.25) is 0 Å². The number of aromatic nitrogens is 2. The van der Waals surface area contributed by atoms with Crippen LogP contribution >= 0.6 is 11.3 Å². The van der Waals surface area contributed by atoms with Gasteiger partial charge in [-0.1, -0.05) is 12.1 Å². The van der Waals surface area contributed by atoms with Gasteiger partial charge < -0.3 is 9.47 Å². The second kappa shape index (κ2) is 6.92. The van der Waals surface area contributed by atoms with E-state index in [2.05, 4.69) is 4.98 Å². The smallest absolute Gasteiger partial charge is 0.326 e. The fourth-order valence-corrected chi connectivity index (χ4v) is 3.52. The third-order valence-electron chi connectivity index (χ3n) is 3.67. The molecule has 0 aliphatic heterocycles. The molecule has 6 nitrogen and oxygen atoms in total. The number of ether oxygens (including phenoxy) is 2. The van der Waals surface area contributed by atoms with Crippen molar-refractivity contribution in [3.8, 4) is 16.9 Å². The van der Waals surface area contributed by atoms with Crippen molar-refractivity contribution < 1.29 is 14.3 Å². The average Bonchev–Trinajstić information content (AvgIpc) is 3.00. The summed E-state index contributed by atoms with van der Waals surface area (Å²) >= 11 is 1.32. The molecule has 3 rings (SSSR count). The summed E-state index contributed by atoms with van der Waals surface area (Å²) in [6.45, 7) is 5.20. The quantitative estimate of drug-likeness (QED) is 0.656. The monoisotopic (exact) mass is 372 g/mol. The maximum atomic E-state index is 12.7. The molecule has 0 N–H and O–H groups in total. The molecule has 0 saturated carbocycles. The molecule has 0 unspecified atom stereocenters. The highest BCUT2D eigenvalue weighted by Gasteiger charge is 2.18. The number of carbonyl (C=O) groups is 1. The number of methoxy groups -OCH3 is 1. The second-order valence-corrected chi connectivity index (χ2v) is 7.70. The minimum atomic E-state index is -0.595. The normalized spacial score (nSPS) is 11.5. The highest BCUT2D eigenvalue weighted by atomic mass is 32.1. The van der Waals surface area contributed by atoms with Crippen LogP contribution < -0.4 is 10.3 Å². The van der Waals surface area contributed by atoms with Crippen molar-refractivity contribution in [3.63, 3.8) is 0 Å². The first-order valence-corrected chi connectivity index (χ1v) is 8.99. The standard InChI is InChI=1S/C19H20N2O4S/c1-19(2,3)25-15(22)9-21-11-20-16-14(10-26-17(16)18(21)23)12-5-7-13(24-4)8-6-12/h5-8,10-11H,9H2,1-4H3. The summed E-state index contributed by atoms with van der Waals surface area (Å²) < 4.78 is 12.2. The number of esters is 1. The summed E-state index contributed by atoms with van der Waals surface area (Å²) in [7, 11) is 1.61. The molecule has 26 heavy (non-hydrogen) atoms. The van der Waals surface area contributed by atoms with Gasteiger partial charge in [0.1, 0.15) is 22.6 Å². The lowest BCUT2D eigenvalue weighted by Gasteiger charge is -2.19. The summed E-state index contributed by atoms with van der Waals surface area (Å²) in [5.41, 5.74) is 1.63. The van der Waals surface area contributed by atoms with Gasteiger partial charge in [-0.05, 0) is 38.5 Å². The first-order chi connectivity index (χ1) is 12.3. The van der Waals surface area contributed by atoms with Gasteiger partial charge in [0.2, 0.25) is 0 Å². The Labute approximate surface area is 155 Å². The van der Waals surface area contributed by atoms with Gasteiger partial charge in [0.05, 0.1) is 19.0 Å². The number of carbonyl (C=O) groups excluding carboxylic acids is 1. The van der Waals surface area contributed by atoms with Crippen molar-refractivity contribution in [3.05, 3.63) is 46.3 Å². The lowest BCUT2D eigenvalue weighted by atomic mass is 10.1. The van der Waals surface area contributed by atoms with Crippen molar-refractivity contribution >= 4 is 27.5 Å². The number of rotatable bonds is 4. The number of benzene rings is 1. The summed E-state index contributed by atoms with van der Waals surface area (Å²) in [5.74, 6) is 0.300. The van der Waals surface area contributed by atoms with Gasteiger partial charge in [0.25, 0.3) is 5.56 Å². The van der Waals surface area contributed by atoms with Gasteiger partial charge in [0.15, 0.2) is 0 Å². The summed E-state index contributed by atoms with van der Waals surface area (Å²) in [4.78, 5) is 29.1. The van der Waals surface area contributed by atoms with E-state index in [4.69, 9.17) is 9.47 Å². The zero-order valence-electron chi connectivity index (χ0n) is 15.1. The van der Waals surface area contributed by atoms with Crippen molar-refractivity contribution in [2.45, 2.75) is 32.9 Å². The van der Waals surface area contributed by atoms with E-state index < -0.39 is 11.6 Å². The highest BCUT2D eigenvalue weighted by molar-refractivity contribution is 7.17. The van der Waals surface area contributed by atoms with E-state index in [1.165, 1.54) is 22.2 Å². The van der Waals surface area contributed by atoms with Crippen LogP contribution in [0.15, 0.2) is 40.8 Å². The Hall–Kier alpha value is -2.67. The average molecular weight is 372 g/mol. The molecular weight excluding hydrogens is 352 g/mol. The molecule has 3 aromatic rings. The van der Waals surface area contributed by atoms with Crippen molar-refractivity contribution in [1.29, 1.82) is 0 Å². The molecule has 0 aliphatic carbocycles. The number of nitrogens with zero attached hydrogens (tertiary/aromatic N) is 2. The van der Waals surface area contributed by atoms with E-state index in [1.807, 2.05) is 29.6 Å². The van der Waals surface area contributed by atoms with Crippen molar-refractivity contribution in [2.75, 3.05) is 7.11 Å². The van der Waals surface area contributed by atoms with Crippen LogP contribution in [0.4, 0.5) is 0 Å². The Morgan fingerprint density at radius 2 is 1.92 bits per heavy atom. The molecule has 0 amide bonds. The fourth-order valence-electron chi connectivity index (χ4n) is 2.54. The Morgan fingerprint density at radius 1 is 1.23 bits per heavy atom. The molecule has 136 valence electrons. The first kappa shape index (κ1) is 18.1. The molecule has 0 atom stereocenters. The fraction of sp³-hybridized carbons (Fsp3) is 0.316. The predicted octanol–water partition coefficient (Wildman–Crippen LogP) is 3.48. The maximum Gasteiger partial charge on any atom is 0.326 e. The number of hydrogen-bond acceptors (Lipinski definition) is 6. The Bertz CT molecular complexity index is 997. The van der Waals surface area contributed by atoms with Crippen LogP contribution in [-0.4, -0.2) is 28.2 Å². The number of hydrogen-bond donors (Lipinski definition) is 0. The van der Waals surface area contributed by atoms with Crippen LogP contribution in [-0.2, 0) is 16.1 Å². The minimum Gasteiger partial charge on any atom is -0.497 e. The number of fused-ring (bicyclic) bond motifs is 1. The molecule has 0 bridgehead atoms. The van der Waals surface area contributed by atoms with E-state index in [9.17, 15) is 9.59 Å². The van der Waals surface area contributed by atoms with Gasteiger partial charge in [0, 0.05) is 10.9 Å². The van der Waals surface area contributed by atoms with E-state index in [0.717, 1.165) is 16.9 Å². The lowest BCUT2D eigenvalue weighted by Crippen LogP contribution is -2.30. The van der Waals surface area contributed by atoms with Crippen LogP contribution in [0.1, 0.15) is 20.8 Å². The third kappa shape index (κ3) is 3.77. The molecule has 2 aromatic heterocycles. The molecule has 0 spiro atoms. The lowest BCUT2D eigenvalue weighted by molar-refractivity contribution is -0.155. The molecule has 0 fully saturated rings.